The summed E-state index contributed by atoms with van der Waals surface area (Å²) >= 11 is 12.2. The number of fused-ring (bicyclic) bond motifs is 1. The summed E-state index contributed by atoms with van der Waals surface area (Å²) in [7, 11) is 0. The summed E-state index contributed by atoms with van der Waals surface area (Å²) < 4.78 is 0. The number of hydrogen-bond acceptors (Lipinski definition) is 3. The minimum atomic E-state index is -0.177. The summed E-state index contributed by atoms with van der Waals surface area (Å²) in [5, 5.41) is 7.93. The second kappa shape index (κ2) is 8.89. The highest BCUT2D eigenvalue weighted by molar-refractivity contribution is 6.30. The molecule has 2 heterocycles. The molecule has 0 bridgehead atoms. The normalized spacial score (nSPS) is 21.4. The fourth-order valence-electron chi connectivity index (χ4n) is 4.54. The molecular formula is C26H21Cl2N3O. The fraction of sp³-hybridized carbons (Fsp3) is 0.192. The molecule has 1 aliphatic heterocycles. The first-order valence-electron chi connectivity index (χ1n) is 10.6. The molecule has 1 fully saturated rings. The Bertz CT molecular complexity index is 1190. The highest BCUT2D eigenvalue weighted by atomic mass is 35.5. The van der Waals surface area contributed by atoms with Crippen LogP contribution in [0.5, 0.6) is 0 Å². The summed E-state index contributed by atoms with van der Waals surface area (Å²) in [5.41, 5.74) is 4.79. The molecule has 1 aromatic heterocycles. The largest absolute Gasteiger partial charge is 0.276 e. The van der Waals surface area contributed by atoms with Gasteiger partial charge in [-0.1, -0.05) is 47.5 Å². The van der Waals surface area contributed by atoms with Crippen molar-refractivity contribution in [1.29, 1.82) is 0 Å². The van der Waals surface area contributed by atoms with Crippen LogP contribution in [0.3, 0.4) is 0 Å². The summed E-state index contributed by atoms with van der Waals surface area (Å²) in [5.74, 6) is -0.0186. The zero-order valence-electron chi connectivity index (χ0n) is 17.3. The summed E-state index contributed by atoms with van der Waals surface area (Å²) in [6.45, 7) is 0. The molecule has 160 valence electrons. The van der Waals surface area contributed by atoms with E-state index in [0.29, 0.717) is 15.6 Å². The Morgan fingerprint density at radius 1 is 1.00 bits per heavy atom. The summed E-state index contributed by atoms with van der Waals surface area (Å²) in [6, 6.07) is 18.9. The number of aromatic nitrogens is 1. The lowest BCUT2D eigenvalue weighted by atomic mass is 9.77. The molecule has 5 rings (SSSR count). The average Bonchev–Trinajstić information content (AvgIpc) is 3.22. The number of rotatable bonds is 3. The van der Waals surface area contributed by atoms with E-state index in [1.807, 2.05) is 48.5 Å². The number of amides is 1. The minimum Gasteiger partial charge on any atom is -0.267 e. The third kappa shape index (κ3) is 4.08. The first-order valence-corrected chi connectivity index (χ1v) is 11.4. The van der Waals surface area contributed by atoms with E-state index in [-0.39, 0.29) is 17.9 Å². The monoisotopic (exact) mass is 461 g/mol. The van der Waals surface area contributed by atoms with Crippen molar-refractivity contribution >= 4 is 40.9 Å². The van der Waals surface area contributed by atoms with Gasteiger partial charge in [-0.25, -0.2) is 5.01 Å². The Labute approximate surface area is 197 Å². The molecule has 0 spiro atoms. The van der Waals surface area contributed by atoms with E-state index in [9.17, 15) is 4.79 Å². The van der Waals surface area contributed by atoms with E-state index in [1.54, 1.807) is 29.5 Å². The van der Waals surface area contributed by atoms with E-state index >= 15 is 0 Å². The van der Waals surface area contributed by atoms with Gasteiger partial charge in [-0.05, 0) is 78.4 Å². The van der Waals surface area contributed by atoms with Crippen LogP contribution in [-0.4, -0.2) is 21.6 Å². The lowest BCUT2D eigenvalue weighted by molar-refractivity contribution is 0.0680. The third-order valence-corrected chi connectivity index (χ3v) is 6.54. The molecule has 0 radical (unpaired) electrons. The number of carbonyl (C=O) groups excluding carboxylic acids is 1. The molecule has 0 saturated heterocycles. The van der Waals surface area contributed by atoms with Crippen LogP contribution in [0, 0.1) is 5.92 Å². The van der Waals surface area contributed by atoms with E-state index in [1.165, 1.54) is 5.57 Å². The molecular weight excluding hydrogens is 441 g/mol. The van der Waals surface area contributed by atoms with E-state index in [0.717, 1.165) is 36.1 Å². The molecule has 4 nitrogen and oxygen atoms in total. The molecule has 1 saturated carbocycles. The molecule has 32 heavy (non-hydrogen) atoms. The Kier molecular flexibility index (Phi) is 5.81. The van der Waals surface area contributed by atoms with E-state index in [4.69, 9.17) is 28.3 Å². The molecule has 0 N–H and O–H groups in total. The van der Waals surface area contributed by atoms with Crippen molar-refractivity contribution < 1.29 is 4.79 Å². The van der Waals surface area contributed by atoms with Crippen molar-refractivity contribution in [3.8, 4) is 0 Å². The molecule has 0 unspecified atom stereocenters. The molecule has 1 aliphatic carbocycles. The van der Waals surface area contributed by atoms with Crippen LogP contribution in [0.1, 0.15) is 46.8 Å². The van der Waals surface area contributed by atoms with E-state index in [2.05, 4.69) is 11.1 Å². The van der Waals surface area contributed by atoms with Crippen molar-refractivity contribution in [2.75, 3.05) is 0 Å². The topological polar surface area (TPSA) is 45.6 Å². The van der Waals surface area contributed by atoms with Gasteiger partial charge in [0, 0.05) is 28.4 Å². The van der Waals surface area contributed by atoms with Crippen LogP contribution in [0.25, 0.3) is 6.08 Å². The number of benzene rings is 2. The number of hydrazone groups is 1. The molecule has 2 atom stereocenters. The number of hydrogen-bond donors (Lipinski definition) is 0. The van der Waals surface area contributed by atoms with Gasteiger partial charge in [-0.2, -0.15) is 5.10 Å². The molecule has 3 aromatic rings. The minimum absolute atomic E-state index is 0.129. The first-order chi connectivity index (χ1) is 15.6. The van der Waals surface area contributed by atoms with Crippen molar-refractivity contribution in [3.63, 3.8) is 0 Å². The summed E-state index contributed by atoms with van der Waals surface area (Å²) in [6.07, 6.45) is 8.37. The summed E-state index contributed by atoms with van der Waals surface area (Å²) in [4.78, 5) is 17.6. The van der Waals surface area contributed by atoms with Gasteiger partial charge in [0.1, 0.15) is 0 Å². The van der Waals surface area contributed by atoms with Crippen LogP contribution in [0.15, 0.2) is 83.7 Å². The maximum absolute atomic E-state index is 13.5. The zero-order valence-corrected chi connectivity index (χ0v) is 18.8. The maximum atomic E-state index is 13.5. The van der Waals surface area contributed by atoms with Gasteiger partial charge in [-0.3, -0.25) is 9.78 Å². The van der Waals surface area contributed by atoms with Gasteiger partial charge >= 0.3 is 0 Å². The van der Waals surface area contributed by atoms with E-state index < -0.39 is 0 Å². The second-order valence-electron chi connectivity index (χ2n) is 8.09. The Morgan fingerprint density at radius 2 is 1.72 bits per heavy atom. The number of halogens is 2. The van der Waals surface area contributed by atoms with Gasteiger partial charge in [0.05, 0.1) is 17.3 Å². The second-order valence-corrected chi connectivity index (χ2v) is 8.97. The SMILES string of the molecule is O=C(c1cccnc1)N1N=C2/C(=C/c3ccc(Cl)cc3)CCC[C@H]2[C@@H]1c1ccc(Cl)cc1. The smallest absolute Gasteiger partial charge is 0.267 e. The van der Waals surface area contributed by atoms with Gasteiger partial charge in [0.15, 0.2) is 0 Å². The Balaban J connectivity index is 1.57. The molecule has 1 amide bonds. The highest BCUT2D eigenvalue weighted by Gasteiger charge is 2.43. The quantitative estimate of drug-likeness (QED) is 0.429. The van der Waals surface area contributed by atoms with Crippen molar-refractivity contribution in [2.24, 2.45) is 11.0 Å². The number of nitrogens with zero attached hydrogens (tertiary/aromatic N) is 3. The number of carbonyl (C=O) groups is 1. The Morgan fingerprint density at radius 3 is 2.41 bits per heavy atom. The molecule has 6 heteroatoms. The van der Waals surface area contributed by atoms with Crippen LogP contribution in [-0.2, 0) is 0 Å². The maximum Gasteiger partial charge on any atom is 0.276 e. The average molecular weight is 462 g/mol. The number of allylic oxidation sites excluding steroid dienone is 1. The van der Waals surface area contributed by atoms with Crippen molar-refractivity contribution in [2.45, 2.75) is 25.3 Å². The highest BCUT2D eigenvalue weighted by Crippen LogP contribution is 2.45. The van der Waals surface area contributed by atoms with Gasteiger partial charge in [0.2, 0.25) is 0 Å². The van der Waals surface area contributed by atoms with Crippen LogP contribution in [0.2, 0.25) is 10.0 Å². The molecule has 2 aromatic carbocycles. The predicted molar refractivity (Wildman–Crippen MR) is 129 cm³/mol. The van der Waals surface area contributed by atoms with Crippen LogP contribution in [0.4, 0.5) is 0 Å². The lowest BCUT2D eigenvalue weighted by Gasteiger charge is -2.29. The number of pyridine rings is 1. The standard InChI is InChI=1S/C26H21Cl2N3O/c27-21-10-6-17(7-11-21)15-19-3-1-5-23-24(19)30-31(26(32)20-4-2-14-29-16-20)25(23)18-8-12-22(28)13-9-18/h2,4,6-16,23,25H,1,3,5H2/b19-15+/t23-,25+/m1/s1. The van der Waals surface area contributed by atoms with Gasteiger partial charge in [0.25, 0.3) is 5.91 Å². The molecule has 2 aliphatic rings. The third-order valence-electron chi connectivity index (χ3n) is 6.04. The predicted octanol–water partition coefficient (Wildman–Crippen LogP) is 6.83. The Hall–Kier alpha value is -2.95. The first kappa shape index (κ1) is 20.9. The zero-order chi connectivity index (χ0) is 22.1. The van der Waals surface area contributed by atoms with Crippen LogP contribution < -0.4 is 0 Å². The fourth-order valence-corrected chi connectivity index (χ4v) is 4.79. The van der Waals surface area contributed by atoms with Gasteiger partial charge < -0.3 is 0 Å². The van der Waals surface area contributed by atoms with Crippen molar-refractivity contribution in [1.82, 2.24) is 9.99 Å². The van der Waals surface area contributed by atoms with Crippen LogP contribution >= 0.6 is 23.2 Å². The van der Waals surface area contributed by atoms with Gasteiger partial charge in [-0.15, -0.1) is 0 Å². The lowest BCUT2D eigenvalue weighted by Crippen LogP contribution is -2.32. The van der Waals surface area contributed by atoms with Crippen molar-refractivity contribution in [3.05, 3.63) is 105 Å².